The monoisotopic (exact) mass is 159 g/mol. The van der Waals surface area contributed by atoms with Crippen molar-refractivity contribution < 1.29 is 9.53 Å². The van der Waals surface area contributed by atoms with Crippen LogP contribution in [-0.2, 0) is 9.53 Å². The highest BCUT2D eigenvalue weighted by molar-refractivity contribution is 5.81. The number of hydrogen-bond donors (Lipinski definition) is 0. The molecule has 0 heterocycles. The number of carbonyl (C=O) groups excluding carboxylic acids is 1. The number of ketones is 1. The minimum atomic E-state index is 0.00921. The first-order valence-electron chi connectivity index (χ1n) is 3.75. The first-order chi connectivity index (χ1) is 5.09. The van der Waals surface area contributed by atoms with Crippen LogP contribution in [0.4, 0.5) is 0 Å². The van der Waals surface area contributed by atoms with E-state index < -0.39 is 0 Å². The van der Waals surface area contributed by atoms with E-state index >= 15 is 0 Å². The van der Waals surface area contributed by atoms with Crippen LogP contribution >= 0.6 is 0 Å². The van der Waals surface area contributed by atoms with Crippen LogP contribution in [0.25, 0.3) is 0 Å². The SMILES string of the molecule is COCC[C@H](C(C)=O)N(C)C. The lowest BCUT2D eigenvalue weighted by Gasteiger charge is -2.20. The lowest BCUT2D eigenvalue weighted by atomic mass is 10.1. The van der Waals surface area contributed by atoms with Crippen LogP contribution in [0, 0.1) is 0 Å². The Balaban J connectivity index is 3.80. The summed E-state index contributed by atoms with van der Waals surface area (Å²) in [6, 6.07) is 0.00921. The Morgan fingerprint density at radius 1 is 1.55 bits per heavy atom. The topological polar surface area (TPSA) is 29.5 Å². The lowest BCUT2D eigenvalue weighted by Crippen LogP contribution is -2.35. The van der Waals surface area contributed by atoms with Crippen molar-refractivity contribution >= 4 is 5.78 Å². The van der Waals surface area contributed by atoms with Gasteiger partial charge >= 0.3 is 0 Å². The normalized spacial score (nSPS) is 13.5. The fraction of sp³-hybridized carbons (Fsp3) is 0.875. The van der Waals surface area contributed by atoms with Crippen molar-refractivity contribution in [2.75, 3.05) is 27.8 Å². The maximum absolute atomic E-state index is 11.0. The number of ether oxygens (including phenoxy) is 1. The smallest absolute Gasteiger partial charge is 0.146 e. The van der Waals surface area contributed by atoms with E-state index in [9.17, 15) is 4.79 Å². The zero-order valence-corrected chi connectivity index (χ0v) is 7.76. The molecule has 0 aliphatic rings. The fourth-order valence-electron chi connectivity index (χ4n) is 1.05. The Hall–Kier alpha value is -0.410. The highest BCUT2D eigenvalue weighted by Crippen LogP contribution is 2.00. The molecule has 0 amide bonds. The van der Waals surface area contributed by atoms with Crippen LogP contribution in [0.2, 0.25) is 0 Å². The number of likely N-dealkylation sites (N-methyl/N-ethyl adjacent to an activating group) is 1. The third kappa shape index (κ3) is 4.11. The number of rotatable bonds is 5. The molecule has 0 spiro atoms. The molecule has 3 nitrogen and oxygen atoms in total. The Morgan fingerprint density at radius 3 is 2.36 bits per heavy atom. The summed E-state index contributed by atoms with van der Waals surface area (Å²) in [5.74, 6) is 0.201. The van der Waals surface area contributed by atoms with Crippen molar-refractivity contribution in [3.8, 4) is 0 Å². The number of methoxy groups -OCH3 is 1. The molecule has 0 aromatic carbocycles. The van der Waals surface area contributed by atoms with Crippen molar-refractivity contribution in [2.45, 2.75) is 19.4 Å². The molecule has 0 rings (SSSR count). The molecule has 66 valence electrons. The van der Waals surface area contributed by atoms with Gasteiger partial charge in [-0.1, -0.05) is 0 Å². The summed E-state index contributed by atoms with van der Waals surface area (Å²) in [6.45, 7) is 2.25. The van der Waals surface area contributed by atoms with Gasteiger partial charge in [0.2, 0.25) is 0 Å². The third-order valence-corrected chi connectivity index (χ3v) is 1.69. The molecule has 0 aromatic rings. The van der Waals surface area contributed by atoms with E-state index in [1.165, 1.54) is 0 Å². The van der Waals surface area contributed by atoms with Crippen molar-refractivity contribution in [3.05, 3.63) is 0 Å². The molecule has 0 N–H and O–H groups in total. The summed E-state index contributed by atoms with van der Waals surface area (Å²) in [7, 11) is 5.45. The standard InChI is InChI=1S/C8H17NO2/c1-7(10)8(9(2)3)5-6-11-4/h8H,5-6H2,1-4H3/t8-/m1/s1. The lowest BCUT2D eigenvalue weighted by molar-refractivity contribution is -0.121. The number of hydrogen-bond acceptors (Lipinski definition) is 3. The Labute approximate surface area is 68.3 Å². The Kier molecular flexibility index (Phi) is 5.07. The predicted molar refractivity (Wildman–Crippen MR) is 44.6 cm³/mol. The maximum atomic E-state index is 11.0. The molecule has 0 unspecified atom stereocenters. The van der Waals surface area contributed by atoms with E-state index in [2.05, 4.69) is 0 Å². The van der Waals surface area contributed by atoms with Crippen molar-refractivity contribution in [3.63, 3.8) is 0 Å². The van der Waals surface area contributed by atoms with Gasteiger partial charge in [-0.3, -0.25) is 9.69 Å². The molecule has 1 atom stereocenters. The van der Waals surface area contributed by atoms with Gasteiger partial charge in [0.05, 0.1) is 6.04 Å². The van der Waals surface area contributed by atoms with E-state index in [0.29, 0.717) is 6.61 Å². The van der Waals surface area contributed by atoms with E-state index in [4.69, 9.17) is 4.74 Å². The summed E-state index contributed by atoms with van der Waals surface area (Å²) in [5.41, 5.74) is 0. The zero-order chi connectivity index (χ0) is 8.85. The molecule has 11 heavy (non-hydrogen) atoms. The summed E-state index contributed by atoms with van der Waals surface area (Å²) < 4.78 is 4.89. The fourth-order valence-corrected chi connectivity index (χ4v) is 1.05. The third-order valence-electron chi connectivity index (χ3n) is 1.69. The quantitative estimate of drug-likeness (QED) is 0.586. The summed E-state index contributed by atoms with van der Waals surface area (Å²) in [6.07, 6.45) is 0.777. The average molecular weight is 159 g/mol. The predicted octanol–water partition coefficient (Wildman–Crippen LogP) is 0.542. The summed E-state index contributed by atoms with van der Waals surface area (Å²) in [4.78, 5) is 12.9. The van der Waals surface area contributed by atoms with Crippen molar-refractivity contribution in [2.24, 2.45) is 0 Å². The van der Waals surface area contributed by atoms with Crippen LogP contribution in [0.1, 0.15) is 13.3 Å². The van der Waals surface area contributed by atoms with Gasteiger partial charge in [0, 0.05) is 13.7 Å². The molecular formula is C8H17NO2. The van der Waals surface area contributed by atoms with Crippen LogP contribution in [-0.4, -0.2) is 44.5 Å². The van der Waals surface area contributed by atoms with Crippen molar-refractivity contribution in [1.29, 1.82) is 0 Å². The Morgan fingerprint density at radius 2 is 2.09 bits per heavy atom. The number of carbonyl (C=O) groups is 1. The number of nitrogens with zero attached hydrogens (tertiary/aromatic N) is 1. The van der Waals surface area contributed by atoms with Crippen molar-refractivity contribution in [1.82, 2.24) is 4.90 Å². The van der Waals surface area contributed by atoms with Gasteiger partial charge in [-0.25, -0.2) is 0 Å². The van der Waals surface area contributed by atoms with Crippen LogP contribution < -0.4 is 0 Å². The molecule has 0 aromatic heterocycles. The van der Waals surface area contributed by atoms with Gasteiger partial charge in [-0.2, -0.15) is 0 Å². The van der Waals surface area contributed by atoms with E-state index in [1.54, 1.807) is 14.0 Å². The van der Waals surface area contributed by atoms with E-state index in [1.807, 2.05) is 19.0 Å². The highest BCUT2D eigenvalue weighted by Gasteiger charge is 2.15. The summed E-state index contributed by atoms with van der Waals surface area (Å²) in [5, 5.41) is 0. The Bertz CT molecular complexity index is 123. The first kappa shape index (κ1) is 10.6. The minimum Gasteiger partial charge on any atom is -0.385 e. The first-order valence-corrected chi connectivity index (χ1v) is 3.75. The van der Waals surface area contributed by atoms with Crippen LogP contribution in [0.3, 0.4) is 0 Å². The van der Waals surface area contributed by atoms with Crippen LogP contribution in [0.15, 0.2) is 0 Å². The molecule has 0 saturated heterocycles. The molecule has 0 aliphatic heterocycles. The summed E-state index contributed by atoms with van der Waals surface area (Å²) >= 11 is 0. The second kappa shape index (κ2) is 5.27. The molecular weight excluding hydrogens is 142 g/mol. The average Bonchev–Trinajstić information content (AvgIpc) is 1.87. The zero-order valence-electron chi connectivity index (χ0n) is 7.76. The van der Waals surface area contributed by atoms with E-state index in [0.717, 1.165) is 6.42 Å². The molecule has 3 heteroatoms. The highest BCUT2D eigenvalue weighted by atomic mass is 16.5. The largest absolute Gasteiger partial charge is 0.385 e. The van der Waals surface area contributed by atoms with Gasteiger partial charge in [-0.15, -0.1) is 0 Å². The van der Waals surface area contributed by atoms with Crippen LogP contribution in [0.5, 0.6) is 0 Å². The van der Waals surface area contributed by atoms with Gasteiger partial charge in [0.15, 0.2) is 0 Å². The van der Waals surface area contributed by atoms with E-state index in [-0.39, 0.29) is 11.8 Å². The molecule has 0 aliphatic carbocycles. The maximum Gasteiger partial charge on any atom is 0.146 e. The molecule has 0 bridgehead atoms. The second-order valence-corrected chi connectivity index (χ2v) is 2.87. The molecule has 0 radical (unpaired) electrons. The van der Waals surface area contributed by atoms with Gasteiger partial charge < -0.3 is 4.74 Å². The van der Waals surface area contributed by atoms with Gasteiger partial charge in [0.1, 0.15) is 5.78 Å². The van der Waals surface area contributed by atoms with Gasteiger partial charge in [-0.05, 0) is 27.4 Å². The minimum absolute atomic E-state index is 0.00921. The molecule has 0 fully saturated rings. The molecule has 0 saturated carbocycles. The second-order valence-electron chi connectivity index (χ2n) is 2.87. The van der Waals surface area contributed by atoms with Gasteiger partial charge in [0.25, 0.3) is 0 Å². The number of Topliss-reactive ketones (excluding diaryl/α,β-unsaturated/α-hetero) is 1.